The van der Waals surface area contributed by atoms with E-state index in [4.69, 9.17) is 0 Å². The summed E-state index contributed by atoms with van der Waals surface area (Å²) in [5.41, 5.74) is 0.800. The number of hydrogen-bond acceptors (Lipinski definition) is 1. The highest BCUT2D eigenvalue weighted by Crippen LogP contribution is 2.33. The average molecular weight is 289 g/mol. The second-order valence-corrected chi connectivity index (χ2v) is 5.05. The first-order chi connectivity index (χ1) is 7.58. The summed E-state index contributed by atoms with van der Waals surface area (Å²) >= 11 is 3.26. The molecule has 3 heteroatoms. The molecule has 0 fully saturated rings. The van der Waals surface area contributed by atoms with Crippen molar-refractivity contribution >= 4 is 15.9 Å². The van der Waals surface area contributed by atoms with Crippen LogP contribution in [0.25, 0.3) is 0 Å². The lowest BCUT2D eigenvalue weighted by Gasteiger charge is -2.29. The highest BCUT2D eigenvalue weighted by Gasteiger charge is 2.26. The maximum Gasteiger partial charge on any atom is 0.137 e. The summed E-state index contributed by atoms with van der Waals surface area (Å²) in [4.78, 5) is 0. The minimum Gasteiger partial charge on any atom is -0.396 e. The van der Waals surface area contributed by atoms with Crippen molar-refractivity contribution in [3.05, 3.63) is 34.1 Å². The number of benzene rings is 1. The second-order valence-electron chi connectivity index (χ2n) is 4.25. The van der Waals surface area contributed by atoms with Crippen LogP contribution in [0.1, 0.15) is 32.3 Å². The van der Waals surface area contributed by atoms with Crippen LogP contribution in [0.15, 0.2) is 22.7 Å². The molecule has 0 radical (unpaired) electrons. The molecule has 0 aromatic heterocycles. The van der Waals surface area contributed by atoms with Gasteiger partial charge in [-0.15, -0.1) is 0 Å². The molecule has 1 aromatic carbocycles. The highest BCUT2D eigenvalue weighted by atomic mass is 79.9. The van der Waals surface area contributed by atoms with Gasteiger partial charge in [0.1, 0.15) is 5.82 Å². The molecular weight excluding hydrogens is 271 g/mol. The molecule has 0 saturated heterocycles. The van der Waals surface area contributed by atoms with Gasteiger partial charge in [-0.3, -0.25) is 0 Å². The highest BCUT2D eigenvalue weighted by molar-refractivity contribution is 9.10. The van der Waals surface area contributed by atoms with E-state index in [1.54, 1.807) is 6.07 Å². The molecule has 0 heterocycles. The summed E-state index contributed by atoms with van der Waals surface area (Å²) in [6.07, 6.45) is 2.49. The topological polar surface area (TPSA) is 20.2 Å². The van der Waals surface area contributed by atoms with Crippen molar-refractivity contribution in [2.45, 2.75) is 33.1 Å². The van der Waals surface area contributed by atoms with Crippen LogP contribution in [0.4, 0.5) is 4.39 Å². The molecule has 0 atom stereocenters. The largest absolute Gasteiger partial charge is 0.396 e. The van der Waals surface area contributed by atoms with Crippen molar-refractivity contribution in [2.75, 3.05) is 6.61 Å². The Hall–Kier alpha value is -0.410. The molecule has 90 valence electrons. The summed E-state index contributed by atoms with van der Waals surface area (Å²) in [7, 11) is 0. The van der Waals surface area contributed by atoms with Gasteiger partial charge in [0.25, 0.3) is 0 Å². The van der Waals surface area contributed by atoms with E-state index < -0.39 is 0 Å². The predicted octanol–water partition coefficient (Wildman–Crippen LogP) is 3.93. The number of halogens is 2. The molecule has 0 aliphatic heterocycles. The number of hydrogen-bond donors (Lipinski definition) is 1. The van der Waals surface area contributed by atoms with Gasteiger partial charge in [-0.1, -0.05) is 26.0 Å². The molecular formula is C13H18BrFO. The zero-order valence-corrected chi connectivity index (χ0v) is 11.3. The Labute approximate surface area is 105 Å². The van der Waals surface area contributed by atoms with Gasteiger partial charge in [-0.25, -0.2) is 4.39 Å². The first-order valence-corrected chi connectivity index (χ1v) is 6.41. The standard InChI is InChI=1S/C13H18BrFO/c1-3-13(4-2,9-16)8-10-6-5-7-11(15)12(10)14/h5-7,16H,3-4,8-9H2,1-2H3. The van der Waals surface area contributed by atoms with Crippen LogP contribution in [0, 0.1) is 11.2 Å². The molecule has 0 saturated carbocycles. The molecule has 0 aliphatic rings. The smallest absolute Gasteiger partial charge is 0.137 e. The van der Waals surface area contributed by atoms with Crippen LogP contribution < -0.4 is 0 Å². The van der Waals surface area contributed by atoms with Crippen LogP contribution >= 0.6 is 15.9 Å². The first-order valence-electron chi connectivity index (χ1n) is 5.62. The molecule has 1 aromatic rings. The Bertz CT molecular complexity index is 340. The molecule has 1 rings (SSSR count). The van der Waals surface area contributed by atoms with Gasteiger partial charge in [0.05, 0.1) is 4.47 Å². The molecule has 0 aliphatic carbocycles. The summed E-state index contributed by atoms with van der Waals surface area (Å²) in [5, 5.41) is 9.49. The molecule has 0 spiro atoms. The Kier molecular flexibility index (Phi) is 4.93. The van der Waals surface area contributed by atoms with Crippen molar-refractivity contribution in [3.63, 3.8) is 0 Å². The predicted molar refractivity (Wildman–Crippen MR) is 67.9 cm³/mol. The van der Waals surface area contributed by atoms with E-state index in [0.717, 1.165) is 18.4 Å². The lowest BCUT2D eigenvalue weighted by atomic mass is 9.78. The third-order valence-electron chi connectivity index (χ3n) is 3.43. The SMILES string of the molecule is CCC(CC)(CO)Cc1cccc(F)c1Br. The van der Waals surface area contributed by atoms with Crippen LogP contribution in [0.3, 0.4) is 0 Å². The molecule has 1 N–H and O–H groups in total. The Morgan fingerprint density at radius 2 is 1.94 bits per heavy atom. The number of aliphatic hydroxyl groups is 1. The normalized spacial score (nSPS) is 11.8. The van der Waals surface area contributed by atoms with E-state index in [1.807, 2.05) is 6.07 Å². The summed E-state index contributed by atoms with van der Waals surface area (Å²) in [6, 6.07) is 5.05. The molecule has 0 amide bonds. The molecule has 0 unspecified atom stereocenters. The minimum atomic E-state index is -0.239. The third kappa shape index (κ3) is 2.83. The van der Waals surface area contributed by atoms with Crippen LogP contribution in [0.5, 0.6) is 0 Å². The lowest BCUT2D eigenvalue weighted by molar-refractivity contribution is 0.115. The Morgan fingerprint density at radius 3 is 2.44 bits per heavy atom. The van der Waals surface area contributed by atoms with E-state index >= 15 is 0 Å². The summed E-state index contributed by atoms with van der Waals surface area (Å²) in [5.74, 6) is -0.239. The van der Waals surface area contributed by atoms with Crippen molar-refractivity contribution in [1.29, 1.82) is 0 Å². The summed E-state index contributed by atoms with van der Waals surface area (Å²) < 4.78 is 13.9. The fourth-order valence-electron chi connectivity index (χ4n) is 1.87. The quantitative estimate of drug-likeness (QED) is 0.870. The third-order valence-corrected chi connectivity index (χ3v) is 4.32. The maximum absolute atomic E-state index is 13.4. The maximum atomic E-state index is 13.4. The Balaban J connectivity index is 2.98. The van der Waals surface area contributed by atoms with Gasteiger partial charge in [0.15, 0.2) is 0 Å². The number of rotatable bonds is 5. The van der Waals surface area contributed by atoms with Crippen molar-refractivity contribution < 1.29 is 9.50 Å². The van der Waals surface area contributed by atoms with E-state index in [2.05, 4.69) is 29.8 Å². The van der Waals surface area contributed by atoms with Gasteiger partial charge < -0.3 is 5.11 Å². The van der Waals surface area contributed by atoms with Crippen molar-refractivity contribution in [3.8, 4) is 0 Å². The molecule has 1 nitrogen and oxygen atoms in total. The zero-order valence-electron chi connectivity index (χ0n) is 9.76. The van der Waals surface area contributed by atoms with E-state index in [0.29, 0.717) is 10.9 Å². The molecule has 0 bridgehead atoms. The first kappa shape index (κ1) is 13.7. The van der Waals surface area contributed by atoms with Gasteiger partial charge in [-0.05, 0) is 52.2 Å². The van der Waals surface area contributed by atoms with Gasteiger partial charge in [-0.2, -0.15) is 0 Å². The monoisotopic (exact) mass is 288 g/mol. The average Bonchev–Trinajstić information content (AvgIpc) is 2.32. The van der Waals surface area contributed by atoms with Crippen LogP contribution in [-0.4, -0.2) is 11.7 Å². The second kappa shape index (κ2) is 5.78. The van der Waals surface area contributed by atoms with Crippen LogP contribution in [-0.2, 0) is 6.42 Å². The van der Waals surface area contributed by atoms with Gasteiger partial charge >= 0.3 is 0 Å². The van der Waals surface area contributed by atoms with E-state index in [1.165, 1.54) is 6.07 Å². The number of aliphatic hydroxyl groups excluding tert-OH is 1. The van der Waals surface area contributed by atoms with Gasteiger partial charge in [0.2, 0.25) is 0 Å². The van der Waals surface area contributed by atoms with E-state index in [-0.39, 0.29) is 17.8 Å². The zero-order chi connectivity index (χ0) is 12.2. The minimum absolute atomic E-state index is 0.129. The van der Waals surface area contributed by atoms with Crippen molar-refractivity contribution in [1.82, 2.24) is 0 Å². The molecule has 16 heavy (non-hydrogen) atoms. The Morgan fingerprint density at radius 1 is 1.31 bits per heavy atom. The summed E-state index contributed by atoms with van der Waals surface area (Å²) in [6.45, 7) is 4.27. The lowest BCUT2D eigenvalue weighted by Crippen LogP contribution is -2.26. The van der Waals surface area contributed by atoms with E-state index in [9.17, 15) is 9.50 Å². The van der Waals surface area contributed by atoms with Crippen LogP contribution in [0.2, 0.25) is 0 Å². The van der Waals surface area contributed by atoms with Crippen molar-refractivity contribution in [2.24, 2.45) is 5.41 Å². The fourth-order valence-corrected chi connectivity index (χ4v) is 2.27. The van der Waals surface area contributed by atoms with Gasteiger partial charge in [0, 0.05) is 6.61 Å². The fraction of sp³-hybridized carbons (Fsp3) is 0.538.